The summed E-state index contributed by atoms with van der Waals surface area (Å²) in [6, 6.07) is 3.36. The lowest BCUT2D eigenvalue weighted by atomic mass is 10.1. The van der Waals surface area contributed by atoms with Crippen molar-refractivity contribution in [3.63, 3.8) is 0 Å². The van der Waals surface area contributed by atoms with E-state index in [1.165, 1.54) is 0 Å². The van der Waals surface area contributed by atoms with Crippen LogP contribution >= 0.6 is 0 Å². The van der Waals surface area contributed by atoms with Crippen molar-refractivity contribution in [2.45, 2.75) is 31.9 Å². The Bertz CT molecular complexity index is 527. The summed E-state index contributed by atoms with van der Waals surface area (Å²) in [5, 5.41) is 11.6. The number of carbonyl (C=O) groups is 1. The van der Waals surface area contributed by atoms with E-state index in [0.717, 1.165) is 19.4 Å². The van der Waals surface area contributed by atoms with Crippen LogP contribution in [0.1, 0.15) is 35.8 Å². The number of aromatic nitrogens is 1. The Morgan fingerprint density at radius 2 is 2.55 bits per heavy atom. The Morgan fingerprint density at radius 1 is 1.70 bits per heavy atom. The van der Waals surface area contributed by atoms with E-state index in [1.807, 2.05) is 6.92 Å². The zero-order valence-electron chi connectivity index (χ0n) is 11.4. The molecular formula is C15H18N2O3. The second-order valence-electron chi connectivity index (χ2n) is 4.67. The second kappa shape index (κ2) is 7.04. The lowest BCUT2D eigenvalue weighted by molar-refractivity contribution is 0.0709. The number of amides is 1. The monoisotopic (exact) mass is 274 g/mol. The number of hydrogen-bond acceptors (Lipinski definition) is 4. The fourth-order valence-corrected chi connectivity index (χ4v) is 2.19. The molecule has 0 aliphatic carbocycles. The molecule has 5 nitrogen and oxygen atoms in total. The molecule has 2 rings (SSSR count). The van der Waals surface area contributed by atoms with Crippen molar-refractivity contribution < 1.29 is 14.6 Å². The van der Waals surface area contributed by atoms with Crippen molar-refractivity contribution in [3.05, 3.63) is 29.6 Å². The summed E-state index contributed by atoms with van der Waals surface area (Å²) in [4.78, 5) is 16.3. The Labute approximate surface area is 118 Å². The van der Waals surface area contributed by atoms with Crippen LogP contribution in [0, 0.1) is 11.8 Å². The van der Waals surface area contributed by atoms with Crippen LogP contribution in [0.15, 0.2) is 18.3 Å². The van der Waals surface area contributed by atoms with Gasteiger partial charge in [-0.1, -0.05) is 11.8 Å². The smallest absolute Gasteiger partial charge is 0.271 e. The molecule has 1 fully saturated rings. The van der Waals surface area contributed by atoms with Crippen molar-refractivity contribution in [1.82, 2.24) is 10.3 Å². The van der Waals surface area contributed by atoms with Gasteiger partial charge in [0.15, 0.2) is 0 Å². The number of aliphatic hydroxyl groups excluding tert-OH is 1. The minimum atomic E-state index is -0.268. The zero-order valence-corrected chi connectivity index (χ0v) is 11.4. The van der Waals surface area contributed by atoms with Crippen molar-refractivity contribution >= 4 is 5.91 Å². The first kappa shape index (κ1) is 14.5. The average Bonchev–Trinajstić information content (AvgIpc) is 2.99. The van der Waals surface area contributed by atoms with Crippen LogP contribution in [-0.4, -0.2) is 41.4 Å². The summed E-state index contributed by atoms with van der Waals surface area (Å²) in [5.74, 6) is 4.99. The number of rotatable bonds is 3. The molecule has 2 unspecified atom stereocenters. The van der Waals surface area contributed by atoms with Crippen LogP contribution in [0.25, 0.3) is 0 Å². The predicted molar refractivity (Wildman–Crippen MR) is 74.1 cm³/mol. The molecular weight excluding hydrogens is 256 g/mol. The quantitative estimate of drug-likeness (QED) is 0.797. The maximum atomic E-state index is 12.2. The topological polar surface area (TPSA) is 71.5 Å². The van der Waals surface area contributed by atoms with E-state index in [4.69, 9.17) is 9.84 Å². The normalized spacial score (nSPS) is 19.0. The molecule has 5 heteroatoms. The molecule has 106 valence electrons. The van der Waals surface area contributed by atoms with Crippen molar-refractivity contribution in [3.8, 4) is 11.8 Å². The summed E-state index contributed by atoms with van der Waals surface area (Å²) < 4.78 is 5.55. The number of ether oxygens (including phenoxy) is 1. The molecule has 1 aromatic rings. The SMILES string of the molecule is CC(NC(=O)c1ncccc1C#CCO)C1CCCO1. The maximum Gasteiger partial charge on any atom is 0.271 e. The van der Waals surface area contributed by atoms with Gasteiger partial charge in [-0.2, -0.15) is 0 Å². The van der Waals surface area contributed by atoms with Gasteiger partial charge < -0.3 is 15.2 Å². The first-order chi connectivity index (χ1) is 9.72. The maximum absolute atomic E-state index is 12.2. The standard InChI is InChI=1S/C15H18N2O3/c1-11(13-7-4-10-20-13)17-15(19)14-12(6-3-9-18)5-2-8-16-14/h2,5,8,11,13,18H,4,7,9-10H2,1H3,(H,17,19). The number of nitrogens with one attached hydrogen (secondary N) is 1. The summed E-state index contributed by atoms with van der Waals surface area (Å²) in [6.07, 6.45) is 3.60. The van der Waals surface area contributed by atoms with Crippen molar-refractivity contribution in [1.29, 1.82) is 0 Å². The van der Waals surface area contributed by atoms with Gasteiger partial charge in [0.25, 0.3) is 5.91 Å². The number of carbonyl (C=O) groups excluding carboxylic acids is 1. The Morgan fingerprint density at radius 3 is 3.25 bits per heavy atom. The molecule has 1 amide bonds. The molecule has 0 aromatic carbocycles. The van der Waals surface area contributed by atoms with E-state index in [-0.39, 0.29) is 30.4 Å². The summed E-state index contributed by atoms with van der Waals surface area (Å²) >= 11 is 0. The molecule has 2 N–H and O–H groups in total. The third kappa shape index (κ3) is 3.56. The Hall–Kier alpha value is -1.90. The van der Waals surface area contributed by atoms with Gasteiger partial charge >= 0.3 is 0 Å². The van der Waals surface area contributed by atoms with Crippen LogP contribution in [-0.2, 0) is 4.74 Å². The van der Waals surface area contributed by atoms with Gasteiger partial charge in [-0.15, -0.1) is 0 Å². The average molecular weight is 274 g/mol. The molecule has 20 heavy (non-hydrogen) atoms. The highest BCUT2D eigenvalue weighted by molar-refractivity contribution is 5.94. The Balaban J connectivity index is 2.08. The summed E-state index contributed by atoms with van der Waals surface area (Å²) in [6.45, 7) is 2.43. The van der Waals surface area contributed by atoms with Gasteiger partial charge in [0.2, 0.25) is 0 Å². The number of hydrogen-bond donors (Lipinski definition) is 2. The fraction of sp³-hybridized carbons (Fsp3) is 0.467. The molecule has 0 saturated carbocycles. The number of pyridine rings is 1. The predicted octanol–water partition coefficient (Wildman–Crippen LogP) is 0.723. The summed E-state index contributed by atoms with van der Waals surface area (Å²) in [7, 11) is 0. The highest BCUT2D eigenvalue weighted by Crippen LogP contribution is 2.16. The van der Waals surface area contributed by atoms with Crippen LogP contribution in [0.2, 0.25) is 0 Å². The van der Waals surface area contributed by atoms with E-state index >= 15 is 0 Å². The lowest BCUT2D eigenvalue weighted by Crippen LogP contribution is -2.41. The minimum absolute atomic E-state index is 0.0642. The molecule has 1 aliphatic heterocycles. The molecule has 2 heterocycles. The van der Waals surface area contributed by atoms with Gasteiger partial charge in [-0.05, 0) is 31.9 Å². The molecule has 0 spiro atoms. The lowest BCUT2D eigenvalue weighted by Gasteiger charge is -2.19. The molecule has 1 saturated heterocycles. The van der Waals surface area contributed by atoms with E-state index in [0.29, 0.717) is 5.56 Å². The zero-order chi connectivity index (χ0) is 14.4. The molecule has 0 bridgehead atoms. The third-order valence-electron chi connectivity index (χ3n) is 3.21. The van der Waals surface area contributed by atoms with Gasteiger partial charge in [-0.25, -0.2) is 4.98 Å². The van der Waals surface area contributed by atoms with Crippen molar-refractivity contribution in [2.75, 3.05) is 13.2 Å². The largest absolute Gasteiger partial charge is 0.384 e. The van der Waals surface area contributed by atoms with Gasteiger partial charge in [0.1, 0.15) is 12.3 Å². The van der Waals surface area contributed by atoms with Gasteiger partial charge in [0, 0.05) is 12.8 Å². The van der Waals surface area contributed by atoms with E-state index in [9.17, 15) is 4.79 Å². The van der Waals surface area contributed by atoms with Crippen LogP contribution < -0.4 is 5.32 Å². The molecule has 2 atom stereocenters. The van der Waals surface area contributed by atoms with Gasteiger partial charge in [-0.3, -0.25) is 4.79 Å². The first-order valence-corrected chi connectivity index (χ1v) is 6.69. The van der Waals surface area contributed by atoms with E-state index in [2.05, 4.69) is 22.1 Å². The Kier molecular flexibility index (Phi) is 5.10. The first-order valence-electron chi connectivity index (χ1n) is 6.69. The third-order valence-corrected chi connectivity index (χ3v) is 3.21. The summed E-state index contributed by atoms with van der Waals surface area (Å²) in [5.41, 5.74) is 0.789. The van der Waals surface area contributed by atoms with Crippen LogP contribution in [0.4, 0.5) is 0 Å². The van der Waals surface area contributed by atoms with E-state index < -0.39 is 0 Å². The number of nitrogens with zero attached hydrogens (tertiary/aromatic N) is 1. The molecule has 1 aliphatic rings. The molecule has 0 radical (unpaired) electrons. The molecule has 1 aromatic heterocycles. The minimum Gasteiger partial charge on any atom is -0.384 e. The fourth-order valence-electron chi connectivity index (χ4n) is 2.19. The second-order valence-corrected chi connectivity index (χ2v) is 4.67. The van der Waals surface area contributed by atoms with Crippen LogP contribution in [0.3, 0.4) is 0 Å². The van der Waals surface area contributed by atoms with Gasteiger partial charge in [0.05, 0.1) is 17.7 Å². The number of aliphatic hydroxyl groups is 1. The van der Waals surface area contributed by atoms with E-state index in [1.54, 1.807) is 18.3 Å². The highest BCUT2D eigenvalue weighted by atomic mass is 16.5. The van der Waals surface area contributed by atoms with Crippen LogP contribution in [0.5, 0.6) is 0 Å². The van der Waals surface area contributed by atoms with Crippen molar-refractivity contribution in [2.24, 2.45) is 0 Å². The highest BCUT2D eigenvalue weighted by Gasteiger charge is 2.24.